The summed E-state index contributed by atoms with van der Waals surface area (Å²) in [6, 6.07) is 10.8. The number of piperidine rings is 1. The number of hydrogen-bond acceptors (Lipinski definition) is 5. The predicted molar refractivity (Wildman–Crippen MR) is 147 cm³/mol. The molecule has 0 bridgehead atoms. The summed E-state index contributed by atoms with van der Waals surface area (Å²) >= 11 is 0. The number of nitrogens with zero attached hydrogens (tertiary/aromatic N) is 1. The molecule has 2 amide bonds. The number of hydrogen-bond donors (Lipinski definition) is 3. The minimum Gasteiger partial charge on any atom is -0.493 e. The number of carbonyl (C=O) groups excluding carboxylic acids is 2. The zero-order valence-corrected chi connectivity index (χ0v) is 22.9. The lowest BCUT2D eigenvalue weighted by molar-refractivity contribution is -0.127. The molecule has 40 heavy (non-hydrogen) atoms. The number of halogens is 3. The van der Waals surface area contributed by atoms with E-state index in [-0.39, 0.29) is 29.8 Å². The van der Waals surface area contributed by atoms with Gasteiger partial charge in [0.25, 0.3) is 0 Å². The maximum absolute atomic E-state index is 13.7. The van der Waals surface area contributed by atoms with Crippen molar-refractivity contribution in [3.05, 3.63) is 47.5 Å². The fourth-order valence-electron chi connectivity index (χ4n) is 5.27. The molecule has 8 nitrogen and oxygen atoms in total. The van der Waals surface area contributed by atoms with E-state index < -0.39 is 12.6 Å². The summed E-state index contributed by atoms with van der Waals surface area (Å²) in [4.78, 5) is 28.4. The first kappa shape index (κ1) is 29.3. The van der Waals surface area contributed by atoms with E-state index in [2.05, 4.69) is 20.5 Å². The molecule has 0 unspecified atom stereocenters. The number of aromatic nitrogens is 1. The molecule has 0 aliphatic carbocycles. The number of benzene rings is 2. The Labute approximate surface area is 231 Å². The number of fused-ring (bicyclic) bond motifs is 1. The largest absolute Gasteiger partial charge is 0.493 e. The van der Waals surface area contributed by atoms with E-state index in [0.717, 1.165) is 18.4 Å². The molecule has 11 heteroatoms. The van der Waals surface area contributed by atoms with E-state index in [4.69, 9.17) is 9.47 Å². The fourth-order valence-corrected chi connectivity index (χ4v) is 5.27. The minimum atomic E-state index is -4.38. The molecule has 3 N–H and O–H groups in total. The van der Waals surface area contributed by atoms with Crippen LogP contribution in [0.3, 0.4) is 0 Å². The van der Waals surface area contributed by atoms with E-state index in [0.29, 0.717) is 59.8 Å². The summed E-state index contributed by atoms with van der Waals surface area (Å²) in [6.07, 6.45) is -3.85. The standard InChI is InChI=1S/C29H35F3N4O4/c1-18(37)33-10-11-34-27(38)17-36-12-8-19(9-13-36)20-4-6-24-22(14-20)23(16-29(30,31)32)28(35-24)21-5-7-25(39-2)26(15-21)40-3/h4-7,14-15,19,35H,8-13,16-17H2,1-3H3,(H,33,37)(H,34,38). The lowest BCUT2D eigenvalue weighted by atomic mass is 9.88. The van der Waals surface area contributed by atoms with Crippen molar-refractivity contribution in [3.63, 3.8) is 0 Å². The molecule has 1 aliphatic rings. The van der Waals surface area contributed by atoms with Crippen molar-refractivity contribution < 1.29 is 32.2 Å². The van der Waals surface area contributed by atoms with Gasteiger partial charge < -0.3 is 25.1 Å². The number of ether oxygens (including phenoxy) is 2. The molecule has 0 radical (unpaired) electrons. The van der Waals surface area contributed by atoms with Gasteiger partial charge >= 0.3 is 6.18 Å². The van der Waals surface area contributed by atoms with Gasteiger partial charge in [-0.05, 0) is 73.3 Å². The molecule has 3 aromatic rings. The van der Waals surface area contributed by atoms with Crippen LogP contribution in [-0.2, 0) is 16.0 Å². The third-order valence-corrected chi connectivity index (χ3v) is 7.23. The van der Waals surface area contributed by atoms with Crippen LogP contribution < -0.4 is 20.1 Å². The topological polar surface area (TPSA) is 95.7 Å². The first-order chi connectivity index (χ1) is 19.1. The number of methoxy groups -OCH3 is 2. The normalized spacial score (nSPS) is 14.8. The van der Waals surface area contributed by atoms with Crippen LogP contribution in [-0.4, -0.2) is 74.8 Å². The van der Waals surface area contributed by atoms with E-state index in [1.54, 1.807) is 18.2 Å². The van der Waals surface area contributed by atoms with Crippen molar-refractivity contribution in [2.75, 3.05) is 46.9 Å². The zero-order chi connectivity index (χ0) is 28.9. The van der Waals surface area contributed by atoms with Crippen LogP contribution >= 0.6 is 0 Å². The minimum absolute atomic E-state index is 0.1000. The van der Waals surface area contributed by atoms with Crippen LogP contribution in [0.4, 0.5) is 13.2 Å². The van der Waals surface area contributed by atoms with Gasteiger partial charge in [0, 0.05) is 36.5 Å². The molecule has 0 atom stereocenters. The van der Waals surface area contributed by atoms with Crippen molar-refractivity contribution in [2.45, 2.75) is 38.3 Å². The average Bonchev–Trinajstić information content (AvgIpc) is 3.27. The molecule has 1 fully saturated rings. The van der Waals surface area contributed by atoms with Crippen LogP contribution in [0, 0.1) is 0 Å². The number of amides is 2. The molecular formula is C29H35F3N4O4. The highest BCUT2D eigenvalue weighted by Crippen LogP contribution is 2.40. The van der Waals surface area contributed by atoms with Gasteiger partial charge in [0.05, 0.1) is 32.9 Å². The highest BCUT2D eigenvalue weighted by molar-refractivity contribution is 5.92. The molecule has 2 heterocycles. The maximum atomic E-state index is 13.7. The molecule has 4 rings (SSSR count). The first-order valence-electron chi connectivity index (χ1n) is 13.2. The number of rotatable bonds is 10. The molecule has 216 valence electrons. The lowest BCUT2D eigenvalue weighted by Gasteiger charge is -2.31. The molecule has 0 spiro atoms. The molecule has 0 saturated carbocycles. The second kappa shape index (κ2) is 12.6. The van der Waals surface area contributed by atoms with Gasteiger partial charge in [0.1, 0.15) is 0 Å². The highest BCUT2D eigenvalue weighted by atomic mass is 19.4. The van der Waals surface area contributed by atoms with Gasteiger partial charge in [-0.15, -0.1) is 0 Å². The van der Waals surface area contributed by atoms with E-state index in [1.807, 2.05) is 18.2 Å². The number of likely N-dealkylation sites (tertiary alicyclic amines) is 1. The van der Waals surface area contributed by atoms with Crippen LogP contribution in [0.1, 0.15) is 36.8 Å². The van der Waals surface area contributed by atoms with E-state index in [1.165, 1.54) is 21.1 Å². The number of carbonyl (C=O) groups is 2. The fraction of sp³-hybridized carbons (Fsp3) is 0.448. The zero-order valence-electron chi connectivity index (χ0n) is 22.9. The second-order valence-corrected chi connectivity index (χ2v) is 10.0. The van der Waals surface area contributed by atoms with E-state index in [9.17, 15) is 22.8 Å². The Morgan fingerprint density at radius 3 is 2.35 bits per heavy atom. The van der Waals surface area contributed by atoms with Crippen LogP contribution in [0.2, 0.25) is 0 Å². The highest BCUT2D eigenvalue weighted by Gasteiger charge is 2.32. The summed E-state index contributed by atoms with van der Waals surface area (Å²) in [6.45, 7) is 3.87. The summed E-state index contributed by atoms with van der Waals surface area (Å²) in [5.74, 6) is 0.872. The number of nitrogens with one attached hydrogen (secondary N) is 3. The molecule has 2 aromatic carbocycles. The molecule has 1 saturated heterocycles. The van der Waals surface area contributed by atoms with Crippen molar-refractivity contribution >= 4 is 22.7 Å². The Hall–Kier alpha value is -3.73. The van der Waals surface area contributed by atoms with Crippen molar-refractivity contribution in [3.8, 4) is 22.8 Å². The van der Waals surface area contributed by atoms with Gasteiger partial charge in [-0.2, -0.15) is 13.2 Å². The van der Waals surface area contributed by atoms with Gasteiger partial charge in [0.2, 0.25) is 11.8 Å². The Morgan fingerprint density at radius 1 is 1.00 bits per heavy atom. The summed E-state index contributed by atoms with van der Waals surface area (Å²) < 4.78 is 51.8. The SMILES string of the molecule is COc1ccc(-c2[nH]c3ccc(C4CCN(CC(=O)NCCNC(C)=O)CC4)cc3c2CC(F)(F)F)cc1OC. The summed E-state index contributed by atoms with van der Waals surface area (Å²) in [5.41, 5.74) is 2.82. The molecule has 1 aromatic heterocycles. The summed E-state index contributed by atoms with van der Waals surface area (Å²) in [5, 5.41) is 5.99. The Bertz CT molecular complexity index is 1350. The van der Waals surface area contributed by atoms with Gasteiger partial charge in [-0.3, -0.25) is 14.5 Å². The first-order valence-corrected chi connectivity index (χ1v) is 13.2. The number of H-pyrrole nitrogens is 1. The molecular weight excluding hydrogens is 525 g/mol. The summed E-state index contributed by atoms with van der Waals surface area (Å²) in [7, 11) is 2.99. The van der Waals surface area contributed by atoms with Gasteiger partial charge in [0.15, 0.2) is 11.5 Å². The van der Waals surface area contributed by atoms with Gasteiger partial charge in [-0.25, -0.2) is 0 Å². The van der Waals surface area contributed by atoms with Crippen molar-refractivity contribution in [1.29, 1.82) is 0 Å². The lowest BCUT2D eigenvalue weighted by Crippen LogP contribution is -2.43. The Kier molecular flexibility index (Phi) is 9.24. The third kappa shape index (κ3) is 7.26. The Balaban J connectivity index is 1.51. The average molecular weight is 561 g/mol. The number of alkyl halides is 3. The van der Waals surface area contributed by atoms with E-state index >= 15 is 0 Å². The number of aromatic amines is 1. The van der Waals surface area contributed by atoms with Crippen molar-refractivity contribution in [2.24, 2.45) is 0 Å². The van der Waals surface area contributed by atoms with Crippen LogP contribution in [0.5, 0.6) is 11.5 Å². The smallest absolute Gasteiger partial charge is 0.393 e. The molecule has 1 aliphatic heterocycles. The maximum Gasteiger partial charge on any atom is 0.393 e. The van der Waals surface area contributed by atoms with Gasteiger partial charge in [-0.1, -0.05) is 6.07 Å². The monoisotopic (exact) mass is 560 g/mol. The second-order valence-electron chi connectivity index (χ2n) is 10.0. The predicted octanol–water partition coefficient (Wildman–Crippen LogP) is 4.39. The van der Waals surface area contributed by atoms with Crippen LogP contribution in [0.25, 0.3) is 22.2 Å². The van der Waals surface area contributed by atoms with Crippen molar-refractivity contribution in [1.82, 2.24) is 20.5 Å². The quantitative estimate of drug-likeness (QED) is 0.320. The third-order valence-electron chi connectivity index (χ3n) is 7.23. The Morgan fingerprint density at radius 2 is 1.70 bits per heavy atom. The van der Waals surface area contributed by atoms with Crippen LogP contribution in [0.15, 0.2) is 36.4 Å².